The summed E-state index contributed by atoms with van der Waals surface area (Å²) in [5, 5.41) is 2.80. The number of carbonyl (C=O) groups is 1. The van der Waals surface area contributed by atoms with Gasteiger partial charge in [0, 0.05) is 11.8 Å². The van der Waals surface area contributed by atoms with E-state index in [1.165, 1.54) is 44.7 Å². The van der Waals surface area contributed by atoms with E-state index in [1.807, 2.05) is 24.3 Å². The third-order valence-electron chi connectivity index (χ3n) is 4.46. The molecule has 0 spiro atoms. The molecule has 2 aromatic rings. The fraction of sp³-hybridized carbons (Fsp3) is 0.318. The number of anilines is 1. The van der Waals surface area contributed by atoms with E-state index in [2.05, 4.69) is 17.0 Å². The van der Waals surface area contributed by atoms with E-state index in [4.69, 9.17) is 4.74 Å². The van der Waals surface area contributed by atoms with Gasteiger partial charge < -0.3 is 10.1 Å². The molecule has 6 nitrogen and oxygen atoms in total. The number of nitrogens with one attached hydrogen (secondary N) is 2. The number of methoxy groups -OCH3 is 1. The molecule has 0 bridgehead atoms. The number of hydrogen-bond donors (Lipinski definition) is 2. The first-order valence-corrected chi connectivity index (χ1v) is 11.1. The number of carbonyl (C=O) groups excluding carboxylic acids is 1. The Kier molecular flexibility index (Phi) is 8.42. The summed E-state index contributed by atoms with van der Waals surface area (Å²) >= 11 is 0. The van der Waals surface area contributed by atoms with E-state index in [-0.39, 0.29) is 16.6 Å². The van der Waals surface area contributed by atoms with Crippen LogP contribution >= 0.6 is 0 Å². The Labute approximate surface area is 173 Å². The van der Waals surface area contributed by atoms with Gasteiger partial charge in [-0.25, -0.2) is 13.1 Å². The number of aryl methyl sites for hydroxylation is 1. The molecule has 0 atom stereocenters. The van der Waals surface area contributed by atoms with Gasteiger partial charge in [0.25, 0.3) is 0 Å². The minimum Gasteiger partial charge on any atom is -0.495 e. The van der Waals surface area contributed by atoms with E-state index >= 15 is 0 Å². The Morgan fingerprint density at radius 1 is 1.10 bits per heavy atom. The van der Waals surface area contributed by atoms with Gasteiger partial charge in [0.1, 0.15) is 10.6 Å². The molecule has 0 aliphatic carbocycles. The molecule has 2 rings (SSSR count). The summed E-state index contributed by atoms with van der Waals surface area (Å²) in [6.07, 6.45) is 7.54. The fourth-order valence-corrected chi connectivity index (χ4v) is 3.73. The first kappa shape index (κ1) is 22.6. The number of sulfonamides is 1. The predicted molar refractivity (Wildman–Crippen MR) is 117 cm³/mol. The first-order valence-electron chi connectivity index (χ1n) is 9.59. The van der Waals surface area contributed by atoms with Gasteiger partial charge in [-0.05, 0) is 61.4 Å². The summed E-state index contributed by atoms with van der Waals surface area (Å²) < 4.78 is 31.6. The number of unbranched alkanes of at least 4 members (excludes halogenated alkanes) is 2. The highest BCUT2D eigenvalue weighted by Gasteiger charge is 2.17. The molecule has 0 radical (unpaired) electrons. The number of rotatable bonds is 10. The fourth-order valence-electron chi connectivity index (χ4n) is 2.81. The standard InChI is InChI=1S/C22H28N2O4S/c1-4-5-6-7-17-8-12-19(13-9-17)24-22(25)15-11-18-10-14-20(28-3)21(16-18)29(26,27)23-2/h8-16,23H,4-7H2,1-3H3,(H,24,25)/b15-11+. The Bertz CT molecular complexity index is 951. The second-order valence-electron chi connectivity index (χ2n) is 6.59. The molecule has 0 aliphatic heterocycles. The summed E-state index contributed by atoms with van der Waals surface area (Å²) in [6.45, 7) is 2.18. The Morgan fingerprint density at radius 2 is 1.83 bits per heavy atom. The van der Waals surface area contributed by atoms with Gasteiger partial charge in [-0.2, -0.15) is 0 Å². The third-order valence-corrected chi connectivity index (χ3v) is 5.90. The van der Waals surface area contributed by atoms with Crippen molar-refractivity contribution in [3.05, 3.63) is 59.7 Å². The van der Waals surface area contributed by atoms with Crippen molar-refractivity contribution in [3.8, 4) is 5.75 Å². The van der Waals surface area contributed by atoms with Gasteiger partial charge in [-0.3, -0.25) is 4.79 Å². The number of amides is 1. The molecule has 0 saturated heterocycles. The minimum atomic E-state index is -3.67. The predicted octanol–water partition coefficient (Wildman–Crippen LogP) is 3.99. The van der Waals surface area contributed by atoms with Gasteiger partial charge >= 0.3 is 0 Å². The maximum atomic E-state index is 12.2. The molecule has 156 valence electrons. The molecule has 7 heteroatoms. The van der Waals surface area contributed by atoms with Crippen LogP contribution in [0.15, 0.2) is 53.4 Å². The van der Waals surface area contributed by atoms with Crippen LogP contribution in [0.3, 0.4) is 0 Å². The van der Waals surface area contributed by atoms with E-state index in [0.29, 0.717) is 11.3 Å². The second kappa shape index (κ2) is 10.8. The molecule has 1 amide bonds. The number of benzene rings is 2. The highest BCUT2D eigenvalue weighted by molar-refractivity contribution is 7.89. The molecule has 0 aromatic heterocycles. The van der Waals surface area contributed by atoms with Crippen LogP contribution in [-0.4, -0.2) is 28.5 Å². The van der Waals surface area contributed by atoms with Crippen LogP contribution in [0.25, 0.3) is 6.08 Å². The highest BCUT2D eigenvalue weighted by Crippen LogP contribution is 2.25. The molecular formula is C22H28N2O4S. The van der Waals surface area contributed by atoms with Crippen molar-refractivity contribution in [1.82, 2.24) is 4.72 Å². The summed E-state index contributed by atoms with van der Waals surface area (Å²) in [7, 11) is -0.935. The van der Waals surface area contributed by atoms with Crippen LogP contribution in [-0.2, 0) is 21.2 Å². The Balaban J connectivity index is 2.04. The van der Waals surface area contributed by atoms with Crippen molar-refractivity contribution in [1.29, 1.82) is 0 Å². The van der Waals surface area contributed by atoms with Crippen molar-refractivity contribution >= 4 is 27.7 Å². The average molecular weight is 417 g/mol. The third kappa shape index (κ3) is 6.73. The minimum absolute atomic E-state index is 0.0173. The summed E-state index contributed by atoms with van der Waals surface area (Å²) in [5.41, 5.74) is 2.54. The van der Waals surface area contributed by atoms with E-state index < -0.39 is 10.0 Å². The zero-order valence-corrected chi connectivity index (χ0v) is 17.9. The van der Waals surface area contributed by atoms with Gasteiger partial charge in [-0.15, -0.1) is 0 Å². The molecule has 0 fully saturated rings. The van der Waals surface area contributed by atoms with Crippen LogP contribution in [0, 0.1) is 0 Å². The lowest BCUT2D eigenvalue weighted by Gasteiger charge is -2.09. The summed E-state index contributed by atoms with van der Waals surface area (Å²) in [4.78, 5) is 12.2. The van der Waals surface area contributed by atoms with Crippen molar-refractivity contribution in [2.24, 2.45) is 0 Å². The van der Waals surface area contributed by atoms with Crippen molar-refractivity contribution in [3.63, 3.8) is 0 Å². The average Bonchev–Trinajstić information content (AvgIpc) is 2.73. The largest absolute Gasteiger partial charge is 0.495 e. The Morgan fingerprint density at radius 3 is 2.45 bits per heavy atom. The van der Waals surface area contributed by atoms with Crippen LogP contribution in [0.2, 0.25) is 0 Å². The Hall–Kier alpha value is -2.64. The molecule has 0 heterocycles. The summed E-state index contributed by atoms with van der Waals surface area (Å²) in [5.74, 6) is -0.0578. The van der Waals surface area contributed by atoms with Crippen molar-refractivity contribution in [2.45, 2.75) is 37.5 Å². The molecule has 2 aromatic carbocycles. The lowest BCUT2D eigenvalue weighted by atomic mass is 10.1. The molecule has 0 aliphatic rings. The number of hydrogen-bond acceptors (Lipinski definition) is 4. The lowest BCUT2D eigenvalue weighted by Crippen LogP contribution is -2.19. The maximum absolute atomic E-state index is 12.2. The first-order chi connectivity index (χ1) is 13.9. The van der Waals surface area contributed by atoms with Crippen LogP contribution in [0.4, 0.5) is 5.69 Å². The smallest absolute Gasteiger partial charge is 0.248 e. The lowest BCUT2D eigenvalue weighted by molar-refractivity contribution is -0.111. The monoisotopic (exact) mass is 416 g/mol. The molecule has 0 saturated carbocycles. The molecule has 0 unspecified atom stereocenters. The number of ether oxygens (including phenoxy) is 1. The maximum Gasteiger partial charge on any atom is 0.248 e. The van der Waals surface area contributed by atoms with E-state index in [1.54, 1.807) is 18.2 Å². The summed E-state index contributed by atoms with van der Waals surface area (Å²) in [6, 6.07) is 12.5. The van der Waals surface area contributed by atoms with E-state index in [9.17, 15) is 13.2 Å². The zero-order valence-electron chi connectivity index (χ0n) is 17.1. The zero-order chi connectivity index (χ0) is 21.3. The quantitative estimate of drug-likeness (QED) is 0.453. The molecular weight excluding hydrogens is 388 g/mol. The molecule has 29 heavy (non-hydrogen) atoms. The second-order valence-corrected chi connectivity index (χ2v) is 8.45. The van der Waals surface area contributed by atoms with Gasteiger partial charge in [0.2, 0.25) is 15.9 Å². The van der Waals surface area contributed by atoms with Crippen LogP contribution in [0.1, 0.15) is 37.3 Å². The van der Waals surface area contributed by atoms with E-state index in [0.717, 1.165) is 12.8 Å². The normalized spacial score (nSPS) is 11.6. The SMILES string of the molecule is CCCCCc1ccc(NC(=O)/C=C/c2ccc(OC)c(S(=O)(=O)NC)c2)cc1. The topological polar surface area (TPSA) is 84.5 Å². The van der Waals surface area contributed by atoms with Gasteiger partial charge in [0.05, 0.1) is 7.11 Å². The van der Waals surface area contributed by atoms with Crippen LogP contribution in [0.5, 0.6) is 5.75 Å². The molecule has 2 N–H and O–H groups in total. The van der Waals surface area contributed by atoms with Crippen molar-refractivity contribution in [2.75, 3.05) is 19.5 Å². The highest BCUT2D eigenvalue weighted by atomic mass is 32.2. The van der Waals surface area contributed by atoms with Gasteiger partial charge in [0.15, 0.2) is 0 Å². The van der Waals surface area contributed by atoms with Crippen molar-refractivity contribution < 1.29 is 17.9 Å². The van der Waals surface area contributed by atoms with Gasteiger partial charge in [-0.1, -0.05) is 38.0 Å². The van der Waals surface area contributed by atoms with Crippen LogP contribution < -0.4 is 14.8 Å².